The average Bonchev–Trinajstić information content (AvgIpc) is 2.58. The molecule has 0 spiro atoms. The molecule has 0 aromatic heterocycles. The van der Waals surface area contributed by atoms with E-state index in [1.54, 1.807) is 12.1 Å². The summed E-state index contributed by atoms with van der Waals surface area (Å²) in [6, 6.07) is 10.0. The fourth-order valence-electron chi connectivity index (χ4n) is 2.65. The summed E-state index contributed by atoms with van der Waals surface area (Å²) in [7, 11) is 0. The van der Waals surface area contributed by atoms with E-state index in [1.807, 2.05) is 38.1 Å². The minimum atomic E-state index is -1.01. The van der Waals surface area contributed by atoms with E-state index in [-0.39, 0.29) is 5.91 Å². The minimum Gasteiger partial charge on any atom is -0.493 e. The highest BCUT2D eigenvalue weighted by atomic mass is 16.5. The standard InChI is InChI=1S/C19H23NO4/c1-3-5-10-16(19(22)23)20-18(21)15-11-12-17(24-4-2)14-9-7-6-8-13(14)15/h6-9,11-12,16H,3-5,10H2,1-2H3,(H,20,21)(H,22,23). The van der Waals surface area contributed by atoms with E-state index in [4.69, 9.17) is 4.74 Å². The number of fused-ring (bicyclic) bond motifs is 1. The minimum absolute atomic E-state index is 0.377. The van der Waals surface area contributed by atoms with Crippen LogP contribution in [-0.4, -0.2) is 29.6 Å². The predicted molar refractivity (Wildman–Crippen MR) is 93.5 cm³/mol. The van der Waals surface area contributed by atoms with Crippen LogP contribution in [0.3, 0.4) is 0 Å². The molecule has 0 aliphatic carbocycles. The molecule has 0 bridgehead atoms. The maximum Gasteiger partial charge on any atom is 0.326 e. The van der Waals surface area contributed by atoms with Crippen molar-refractivity contribution in [1.29, 1.82) is 0 Å². The summed E-state index contributed by atoms with van der Waals surface area (Å²) >= 11 is 0. The Labute approximate surface area is 141 Å². The first kappa shape index (κ1) is 17.8. The van der Waals surface area contributed by atoms with Crippen LogP contribution in [0.1, 0.15) is 43.5 Å². The Bertz CT molecular complexity index is 726. The van der Waals surface area contributed by atoms with Gasteiger partial charge >= 0.3 is 5.97 Å². The maximum absolute atomic E-state index is 12.6. The lowest BCUT2D eigenvalue weighted by Gasteiger charge is -2.16. The van der Waals surface area contributed by atoms with Crippen LogP contribution in [0.2, 0.25) is 0 Å². The van der Waals surface area contributed by atoms with Gasteiger partial charge in [-0.1, -0.05) is 44.0 Å². The van der Waals surface area contributed by atoms with Gasteiger partial charge in [-0.15, -0.1) is 0 Å². The van der Waals surface area contributed by atoms with Gasteiger partial charge < -0.3 is 15.2 Å². The molecule has 2 N–H and O–H groups in total. The number of aliphatic carboxylic acids is 1. The Hall–Kier alpha value is -2.56. The molecule has 0 aliphatic heterocycles. The molecular formula is C19H23NO4. The molecule has 0 saturated carbocycles. The highest BCUT2D eigenvalue weighted by Crippen LogP contribution is 2.28. The molecule has 2 rings (SSSR count). The lowest BCUT2D eigenvalue weighted by molar-refractivity contribution is -0.139. The summed E-state index contributed by atoms with van der Waals surface area (Å²) in [5.74, 6) is -0.671. The summed E-state index contributed by atoms with van der Waals surface area (Å²) in [5.41, 5.74) is 0.455. The van der Waals surface area contributed by atoms with Gasteiger partial charge in [0.15, 0.2) is 0 Å². The third kappa shape index (κ3) is 4.04. The van der Waals surface area contributed by atoms with Gasteiger partial charge in [-0.05, 0) is 30.9 Å². The van der Waals surface area contributed by atoms with Gasteiger partial charge in [0.2, 0.25) is 0 Å². The summed E-state index contributed by atoms with van der Waals surface area (Å²) in [5, 5.41) is 13.5. The first-order chi connectivity index (χ1) is 11.6. The van der Waals surface area contributed by atoms with Crippen molar-refractivity contribution in [2.24, 2.45) is 0 Å². The number of carbonyl (C=O) groups excluding carboxylic acids is 1. The van der Waals surface area contributed by atoms with Crippen molar-refractivity contribution in [2.75, 3.05) is 6.61 Å². The van der Waals surface area contributed by atoms with Crippen molar-refractivity contribution in [2.45, 2.75) is 39.2 Å². The van der Waals surface area contributed by atoms with Crippen LogP contribution >= 0.6 is 0 Å². The zero-order valence-corrected chi connectivity index (χ0v) is 14.0. The molecule has 0 heterocycles. The Morgan fingerprint density at radius 1 is 1.12 bits per heavy atom. The topological polar surface area (TPSA) is 75.6 Å². The van der Waals surface area contributed by atoms with Crippen LogP contribution in [0.4, 0.5) is 0 Å². The molecular weight excluding hydrogens is 306 g/mol. The lowest BCUT2D eigenvalue weighted by Crippen LogP contribution is -2.40. The molecule has 24 heavy (non-hydrogen) atoms. The molecule has 0 aliphatic rings. The van der Waals surface area contributed by atoms with Crippen molar-refractivity contribution in [1.82, 2.24) is 5.32 Å². The van der Waals surface area contributed by atoms with Crippen LogP contribution in [-0.2, 0) is 4.79 Å². The highest BCUT2D eigenvalue weighted by molar-refractivity contribution is 6.09. The number of amides is 1. The highest BCUT2D eigenvalue weighted by Gasteiger charge is 2.21. The quantitative estimate of drug-likeness (QED) is 0.776. The number of rotatable bonds is 8. The number of carboxylic acid groups (broad SMARTS) is 1. The largest absolute Gasteiger partial charge is 0.493 e. The van der Waals surface area contributed by atoms with Gasteiger partial charge in [-0.25, -0.2) is 4.79 Å². The third-order valence-electron chi connectivity index (χ3n) is 3.88. The second-order valence-corrected chi connectivity index (χ2v) is 5.60. The predicted octanol–water partition coefficient (Wildman–Crippen LogP) is 3.61. The zero-order chi connectivity index (χ0) is 17.5. The first-order valence-corrected chi connectivity index (χ1v) is 8.26. The van der Waals surface area contributed by atoms with E-state index in [0.29, 0.717) is 24.3 Å². The maximum atomic E-state index is 12.6. The van der Waals surface area contributed by atoms with Gasteiger partial charge in [-0.3, -0.25) is 4.79 Å². The Morgan fingerprint density at radius 2 is 1.83 bits per heavy atom. The van der Waals surface area contributed by atoms with Gasteiger partial charge in [-0.2, -0.15) is 0 Å². The molecule has 128 valence electrons. The summed E-state index contributed by atoms with van der Waals surface area (Å²) < 4.78 is 5.60. The van der Waals surface area contributed by atoms with Gasteiger partial charge in [0, 0.05) is 10.9 Å². The normalized spacial score (nSPS) is 11.9. The third-order valence-corrected chi connectivity index (χ3v) is 3.88. The number of nitrogens with one attached hydrogen (secondary N) is 1. The molecule has 2 aromatic rings. The van der Waals surface area contributed by atoms with Gasteiger partial charge in [0.1, 0.15) is 11.8 Å². The van der Waals surface area contributed by atoms with Crippen LogP contribution < -0.4 is 10.1 Å². The smallest absolute Gasteiger partial charge is 0.326 e. The molecule has 2 aromatic carbocycles. The van der Waals surface area contributed by atoms with Crippen molar-refractivity contribution in [3.05, 3.63) is 42.0 Å². The number of benzene rings is 2. The Balaban J connectivity index is 2.32. The lowest BCUT2D eigenvalue weighted by atomic mass is 10.0. The Kier molecular flexibility index (Phi) is 6.18. The van der Waals surface area contributed by atoms with E-state index < -0.39 is 12.0 Å². The van der Waals surface area contributed by atoms with E-state index in [0.717, 1.165) is 23.6 Å². The summed E-state index contributed by atoms with van der Waals surface area (Å²) in [4.78, 5) is 23.9. The van der Waals surface area contributed by atoms with E-state index in [1.165, 1.54) is 0 Å². The summed E-state index contributed by atoms with van der Waals surface area (Å²) in [6.45, 7) is 4.43. The molecule has 1 unspecified atom stereocenters. The molecule has 1 atom stereocenters. The van der Waals surface area contributed by atoms with Crippen LogP contribution in [0.15, 0.2) is 36.4 Å². The number of hydrogen-bond donors (Lipinski definition) is 2. The van der Waals surface area contributed by atoms with Crippen LogP contribution in [0.5, 0.6) is 5.75 Å². The molecule has 1 amide bonds. The first-order valence-electron chi connectivity index (χ1n) is 8.26. The van der Waals surface area contributed by atoms with E-state index in [9.17, 15) is 14.7 Å². The average molecular weight is 329 g/mol. The second-order valence-electron chi connectivity index (χ2n) is 5.60. The van der Waals surface area contributed by atoms with E-state index in [2.05, 4.69) is 5.32 Å². The summed E-state index contributed by atoms with van der Waals surface area (Å²) in [6.07, 6.45) is 2.06. The molecule has 5 nitrogen and oxygen atoms in total. The fraction of sp³-hybridized carbons (Fsp3) is 0.368. The number of hydrogen-bond acceptors (Lipinski definition) is 3. The Morgan fingerprint density at radius 3 is 2.46 bits per heavy atom. The zero-order valence-electron chi connectivity index (χ0n) is 14.0. The molecule has 0 radical (unpaired) electrons. The number of carbonyl (C=O) groups is 2. The number of ether oxygens (including phenoxy) is 1. The van der Waals surface area contributed by atoms with Crippen molar-refractivity contribution >= 4 is 22.6 Å². The van der Waals surface area contributed by atoms with Gasteiger partial charge in [0.05, 0.1) is 6.61 Å². The monoisotopic (exact) mass is 329 g/mol. The van der Waals surface area contributed by atoms with Crippen LogP contribution in [0.25, 0.3) is 10.8 Å². The second kappa shape index (κ2) is 8.34. The van der Waals surface area contributed by atoms with Crippen molar-refractivity contribution in [3.63, 3.8) is 0 Å². The van der Waals surface area contributed by atoms with Crippen LogP contribution in [0, 0.1) is 0 Å². The van der Waals surface area contributed by atoms with Crippen molar-refractivity contribution < 1.29 is 19.4 Å². The van der Waals surface area contributed by atoms with Gasteiger partial charge in [0.25, 0.3) is 5.91 Å². The molecule has 0 fully saturated rings. The number of carboxylic acids is 1. The fourth-order valence-corrected chi connectivity index (χ4v) is 2.65. The number of unbranched alkanes of at least 4 members (excludes halogenated alkanes) is 1. The van der Waals surface area contributed by atoms with E-state index >= 15 is 0 Å². The SMILES string of the molecule is CCCCC(NC(=O)c1ccc(OCC)c2ccccc12)C(=O)O. The van der Waals surface area contributed by atoms with Crippen molar-refractivity contribution in [3.8, 4) is 5.75 Å². The molecule has 0 saturated heterocycles. The molecule has 5 heteroatoms.